The van der Waals surface area contributed by atoms with Crippen LogP contribution in [0.3, 0.4) is 0 Å². The van der Waals surface area contributed by atoms with E-state index < -0.39 is 149 Å². The fraction of sp³-hybridized carbons (Fsp3) is 0.797. The monoisotopic (exact) mass is 1210 g/mol. The van der Waals surface area contributed by atoms with Crippen molar-refractivity contribution in [2.45, 2.75) is 237 Å². The zero-order chi connectivity index (χ0) is 66.8. The van der Waals surface area contributed by atoms with Crippen molar-refractivity contribution in [1.82, 2.24) is 55.6 Å². The number of nitrogens with one attached hydrogen (secondary N) is 4. The molecule has 1 fully saturated rings. The topological polar surface area (TPSA) is 259 Å². The second-order valence-electron chi connectivity index (χ2n) is 26.8. The number of amides is 11. The third kappa shape index (κ3) is 21.1. The molecule has 0 saturated carbocycles. The summed E-state index contributed by atoms with van der Waals surface area (Å²) in [6, 6.07) is -12.7. The van der Waals surface area contributed by atoms with Crippen LogP contribution >= 0.6 is 0 Å². The normalized spacial score (nSPS) is 27.6. The Balaban J connectivity index is 4.37. The molecule has 86 heavy (non-hydrogen) atoms. The fourth-order valence-electron chi connectivity index (χ4n) is 11.2. The summed E-state index contributed by atoms with van der Waals surface area (Å²) in [5, 5.41) is 11.2. The smallest absolute Gasteiger partial charge is 0.246 e. The lowest BCUT2D eigenvalue weighted by Gasteiger charge is -2.42. The lowest BCUT2D eigenvalue weighted by molar-refractivity contribution is -0.156. The van der Waals surface area contributed by atoms with Crippen molar-refractivity contribution in [3.05, 3.63) is 12.2 Å². The van der Waals surface area contributed by atoms with E-state index in [1.54, 1.807) is 34.6 Å². The first-order valence-electron chi connectivity index (χ1n) is 31.3. The number of nitrogens with zero attached hydrogens (tertiary/aromatic N) is 7. The quantitative estimate of drug-likeness (QED) is 0.160. The summed E-state index contributed by atoms with van der Waals surface area (Å²) in [6.07, 6.45) is 5.23. The predicted octanol–water partition coefficient (Wildman–Crippen LogP) is 4.93. The summed E-state index contributed by atoms with van der Waals surface area (Å²) < 4.78 is 0. The number of rotatable bonds is 15. The van der Waals surface area contributed by atoms with Gasteiger partial charge in [-0.25, -0.2) is 0 Å². The molecule has 0 radical (unpaired) electrons. The zero-order valence-corrected chi connectivity index (χ0v) is 57.5. The minimum absolute atomic E-state index is 0.0973. The molecule has 0 spiro atoms. The Morgan fingerprint density at radius 1 is 0.395 bits per heavy atom. The van der Waals surface area contributed by atoms with Gasteiger partial charge in [0.15, 0.2) is 0 Å². The predicted molar refractivity (Wildman–Crippen MR) is 336 cm³/mol. The largest absolute Gasteiger partial charge is 0.343 e. The molecule has 1 rings (SSSR count). The van der Waals surface area contributed by atoms with E-state index >= 15 is 14.4 Å². The van der Waals surface area contributed by atoms with E-state index in [1.165, 1.54) is 104 Å². The van der Waals surface area contributed by atoms with Crippen molar-refractivity contribution < 1.29 is 52.7 Å². The van der Waals surface area contributed by atoms with E-state index in [-0.39, 0.29) is 61.7 Å². The highest BCUT2D eigenvalue weighted by atomic mass is 16.2. The van der Waals surface area contributed by atoms with E-state index in [1.807, 2.05) is 88.3 Å². The average Bonchev–Trinajstić information content (AvgIpc) is 2.82. The van der Waals surface area contributed by atoms with E-state index in [4.69, 9.17) is 0 Å². The van der Waals surface area contributed by atoms with Crippen LogP contribution in [0.4, 0.5) is 0 Å². The number of hydrogen-bond acceptors (Lipinski definition) is 11. The summed E-state index contributed by atoms with van der Waals surface area (Å²) in [6.45, 7) is 34.0. The number of carbonyl (C=O) groups excluding carboxylic acids is 11. The SMILES string of the molecule is C/C=C/C[C@@H](C)[C@@H](C)[C@H]1C(=O)N[C@@H](CC)C(=O)N(C)[C@H](C)C(=O)N(C)[C@@H](CC(C)C)C(=O)N[C@@H](C(C)C)C(=O)N(C)[C@@H](CC(C)C)C(=O)N[C@@H](C)C(=O)N[C@H](C)C(=O)N(C)[C@@H](CC(C)C)C(=O)N(C)[C@@H](CC(C)C)C(=O)N(C)[C@@H](C(C)C)C(=O)N1C. The second-order valence-corrected chi connectivity index (χ2v) is 26.8. The van der Waals surface area contributed by atoms with Gasteiger partial charge in [0.05, 0.1) is 0 Å². The van der Waals surface area contributed by atoms with Gasteiger partial charge in [0, 0.05) is 49.3 Å². The van der Waals surface area contributed by atoms with Crippen LogP contribution in [0.15, 0.2) is 12.2 Å². The Labute approximate surface area is 516 Å². The van der Waals surface area contributed by atoms with Gasteiger partial charge in [-0.15, -0.1) is 0 Å². The van der Waals surface area contributed by atoms with Gasteiger partial charge in [0.25, 0.3) is 0 Å². The average molecular weight is 1210 g/mol. The molecule has 11 amide bonds. The Morgan fingerprint density at radius 2 is 0.791 bits per heavy atom. The van der Waals surface area contributed by atoms with Crippen LogP contribution in [0, 0.1) is 47.3 Å². The summed E-state index contributed by atoms with van der Waals surface area (Å²) in [7, 11) is 10.3. The van der Waals surface area contributed by atoms with Gasteiger partial charge in [0.1, 0.15) is 66.5 Å². The van der Waals surface area contributed by atoms with Crippen molar-refractivity contribution in [3.63, 3.8) is 0 Å². The third-order valence-corrected chi connectivity index (χ3v) is 17.1. The molecular formula is C64H115N11O11. The molecule has 0 unspecified atom stereocenters. The van der Waals surface area contributed by atoms with Gasteiger partial charge in [-0.1, -0.05) is 116 Å². The summed E-state index contributed by atoms with van der Waals surface area (Å²) in [5.41, 5.74) is 0. The minimum atomic E-state index is -1.21. The van der Waals surface area contributed by atoms with E-state index in [0.29, 0.717) is 6.42 Å². The first-order chi connectivity index (χ1) is 39.6. The standard InChI is InChI=1S/C64H115N11O11/c1-27-29-30-41(15)42(16)53-57(79)67-46(28-2)60(82)69(20)45(19)59(81)70(21)48(32-36(5)6)56(78)68-51(39(11)12)63(85)71(22)47(31-35(3)4)55(77)65-43(17)54(76)66-44(18)58(80)72(23)49(33-37(7)8)61(83)73(24)50(34-38(9)10)62(84)74(25)52(40(13)14)64(86)75(53)26/h27,29,35-53H,28,30-34H2,1-26H3,(H,65,77)(H,66,76)(H,67,79)(H,68,78)/b29-27+/t41-,42-,43+,44-,45-,46+,47+,48+,49+,50+,51+,52+,53+/m1/s1. The van der Waals surface area contributed by atoms with E-state index in [9.17, 15) is 38.4 Å². The van der Waals surface area contributed by atoms with Gasteiger partial charge in [-0.05, 0) is 114 Å². The molecule has 0 aliphatic carbocycles. The highest BCUT2D eigenvalue weighted by Gasteiger charge is 2.45. The van der Waals surface area contributed by atoms with Crippen molar-refractivity contribution in [2.24, 2.45) is 47.3 Å². The highest BCUT2D eigenvalue weighted by molar-refractivity contribution is 6.00. The lowest BCUT2D eigenvalue weighted by atomic mass is 9.84. The van der Waals surface area contributed by atoms with Crippen molar-refractivity contribution in [3.8, 4) is 0 Å². The molecule has 22 nitrogen and oxygen atoms in total. The maximum atomic E-state index is 15.3. The van der Waals surface area contributed by atoms with E-state index in [0.717, 1.165) is 0 Å². The number of hydrogen-bond donors (Lipinski definition) is 4. The Hall–Kier alpha value is -6.09. The maximum Gasteiger partial charge on any atom is 0.246 e. The number of carbonyl (C=O) groups is 11. The summed E-state index contributed by atoms with van der Waals surface area (Å²) in [4.78, 5) is 171. The van der Waals surface area contributed by atoms with Crippen molar-refractivity contribution >= 4 is 65.0 Å². The van der Waals surface area contributed by atoms with Gasteiger partial charge in [-0.3, -0.25) is 52.7 Å². The second kappa shape index (κ2) is 35.0. The molecule has 0 aromatic carbocycles. The molecule has 0 aromatic rings. The molecular weight excluding hydrogens is 1100 g/mol. The van der Waals surface area contributed by atoms with Crippen LogP contribution in [-0.2, 0) is 52.7 Å². The first-order valence-corrected chi connectivity index (χ1v) is 31.3. The lowest BCUT2D eigenvalue weighted by Crippen LogP contribution is -2.62. The highest BCUT2D eigenvalue weighted by Crippen LogP contribution is 2.28. The Kier molecular flexibility index (Phi) is 31.8. The summed E-state index contributed by atoms with van der Waals surface area (Å²) in [5.74, 6) is -8.92. The molecule has 492 valence electrons. The molecule has 4 N–H and O–H groups in total. The number of allylic oxidation sites excluding steroid dienone is 2. The van der Waals surface area contributed by atoms with E-state index in [2.05, 4.69) is 21.3 Å². The van der Waals surface area contributed by atoms with Gasteiger partial charge in [-0.2, -0.15) is 0 Å². The third-order valence-electron chi connectivity index (χ3n) is 17.1. The van der Waals surface area contributed by atoms with Crippen LogP contribution in [0.2, 0.25) is 0 Å². The van der Waals surface area contributed by atoms with Gasteiger partial charge >= 0.3 is 0 Å². The molecule has 13 atom stereocenters. The molecule has 1 aliphatic rings. The van der Waals surface area contributed by atoms with Crippen molar-refractivity contribution in [2.75, 3.05) is 49.3 Å². The molecule has 0 aromatic heterocycles. The van der Waals surface area contributed by atoms with Gasteiger partial charge in [0.2, 0.25) is 65.0 Å². The molecule has 0 bridgehead atoms. The molecule has 1 saturated heterocycles. The Morgan fingerprint density at radius 3 is 1.22 bits per heavy atom. The van der Waals surface area contributed by atoms with Crippen LogP contribution in [0.1, 0.15) is 170 Å². The zero-order valence-electron chi connectivity index (χ0n) is 57.5. The Bertz CT molecular complexity index is 2360. The van der Waals surface area contributed by atoms with Crippen LogP contribution in [0.5, 0.6) is 0 Å². The van der Waals surface area contributed by atoms with Crippen molar-refractivity contribution in [1.29, 1.82) is 0 Å². The fourth-order valence-corrected chi connectivity index (χ4v) is 11.2. The van der Waals surface area contributed by atoms with Gasteiger partial charge < -0.3 is 55.6 Å². The van der Waals surface area contributed by atoms with Crippen LogP contribution < -0.4 is 21.3 Å². The molecule has 1 heterocycles. The summed E-state index contributed by atoms with van der Waals surface area (Å²) >= 11 is 0. The minimum Gasteiger partial charge on any atom is -0.343 e. The molecule has 22 heteroatoms. The van der Waals surface area contributed by atoms with Crippen LogP contribution in [-0.4, -0.2) is 215 Å². The van der Waals surface area contributed by atoms with Crippen LogP contribution in [0.25, 0.3) is 0 Å². The number of likely N-dealkylation sites (N-methyl/N-ethyl adjacent to an activating group) is 7. The molecule has 1 aliphatic heterocycles. The maximum absolute atomic E-state index is 15.3. The first kappa shape index (κ1) is 77.9.